The van der Waals surface area contributed by atoms with Crippen molar-refractivity contribution in [1.82, 2.24) is 9.97 Å². The molecule has 82 valence electrons. The molecule has 0 aliphatic heterocycles. The van der Waals surface area contributed by atoms with E-state index < -0.39 is 0 Å². The summed E-state index contributed by atoms with van der Waals surface area (Å²) in [7, 11) is 0. The standard InChI is InChI=1S/C13H15N3/c1-2-10(1)11-3-5-12(6-4-11)15-8-13-7-14-9-16-13/h3-7,9-10,15H,1-2,8H2,(H,14,16). The lowest BCUT2D eigenvalue weighted by molar-refractivity contribution is 1.07. The highest BCUT2D eigenvalue weighted by Crippen LogP contribution is 2.40. The second kappa shape index (κ2) is 4.00. The number of rotatable bonds is 4. The van der Waals surface area contributed by atoms with Gasteiger partial charge in [-0.05, 0) is 36.5 Å². The third kappa shape index (κ3) is 2.08. The van der Waals surface area contributed by atoms with Crippen molar-refractivity contribution >= 4 is 5.69 Å². The van der Waals surface area contributed by atoms with E-state index in [1.165, 1.54) is 24.1 Å². The summed E-state index contributed by atoms with van der Waals surface area (Å²) in [6, 6.07) is 8.77. The van der Waals surface area contributed by atoms with E-state index in [9.17, 15) is 0 Å². The van der Waals surface area contributed by atoms with E-state index in [1.54, 1.807) is 6.33 Å². The molecule has 0 saturated heterocycles. The maximum absolute atomic E-state index is 3.98. The summed E-state index contributed by atoms with van der Waals surface area (Å²) < 4.78 is 0. The molecule has 16 heavy (non-hydrogen) atoms. The van der Waals surface area contributed by atoms with Gasteiger partial charge in [0.05, 0.1) is 18.6 Å². The van der Waals surface area contributed by atoms with Crippen molar-refractivity contribution in [2.24, 2.45) is 0 Å². The van der Waals surface area contributed by atoms with Gasteiger partial charge in [0.2, 0.25) is 0 Å². The Balaban J connectivity index is 1.61. The van der Waals surface area contributed by atoms with Gasteiger partial charge in [-0.25, -0.2) is 4.98 Å². The molecule has 0 unspecified atom stereocenters. The fraction of sp³-hybridized carbons (Fsp3) is 0.308. The first-order valence-electron chi connectivity index (χ1n) is 5.73. The van der Waals surface area contributed by atoms with Crippen LogP contribution < -0.4 is 5.32 Å². The lowest BCUT2D eigenvalue weighted by Gasteiger charge is -2.05. The van der Waals surface area contributed by atoms with Crippen LogP contribution in [0.1, 0.15) is 30.0 Å². The van der Waals surface area contributed by atoms with Crippen molar-refractivity contribution in [2.45, 2.75) is 25.3 Å². The van der Waals surface area contributed by atoms with Gasteiger partial charge in [0.1, 0.15) is 0 Å². The Morgan fingerprint density at radius 2 is 2.06 bits per heavy atom. The summed E-state index contributed by atoms with van der Waals surface area (Å²) >= 11 is 0. The number of aromatic amines is 1. The second-order valence-corrected chi connectivity index (χ2v) is 4.33. The van der Waals surface area contributed by atoms with Crippen LogP contribution in [-0.2, 0) is 6.54 Å². The number of imidazole rings is 1. The van der Waals surface area contributed by atoms with Crippen LogP contribution in [0.2, 0.25) is 0 Å². The summed E-state index contributed by atoms with van der Waals surface area (Å²) in [5.41, 5.74) is 3.75. The highest BCUT2D eigenvalue weighted by molar-refractivity contribution is 5.45. The van der Waals surface area contributed by atoms with Crippen molar-refractivity contribution in [3.63, 3.8) is 0 Å². The highest BCUT2D eigenvalue weighted by atomic mass is 14.9. The average Bonchev–Trinajstić information content (AvgIpc) is 3.05. The first kappa shape index (κ1) is 9.46. The Morgan fingerprint density at radius 3 is 2.69 bits per heavy atom. The van der Waals surface area contributed by atoms with Crippen molar-refractivity contribution in [1.29, 1.82) is 0 Å². The molecular formula is C13H15N3. The van der Waals surface area contributed by atoms with E-state index in [0.29, 0.717) is 0 Å². The molecule has 0 atom stereocenters. The number of hydrogen-bond acceptors (Lipinski definition) is 2. The number of nitrogens with zero attached hydrogens (tertiary/aromatic N) is 1. The first-order valence-corrected chi connectivity index (χ1v) is 5.73. The van der Waals surface area contributed by atoms with Crippen LogP contribution in [0.15, 0.2) is 36.8 Å². The predicted octanol–water partition coefficient (Wildman–Crippen LogP) is 2.90. The van der Waals surface area contributed by atoms with Gasteiger partial charge < -0.3 is 10.3 Å². The largest absolute Gasteiger partial charge is 0.379 e. The molecule has 1 aliphatic carbocycles. The Bertz CT molecular complexity index is 441. The Hall–Kier alpha value is -1.77. The molecular weight excluding hydrogens is 198 g/mol. The predicted molar refractivity (Wildman–Crippen MR) is 64.3 cm³/mol. The maximum atomic E-state index is 3.98. The SMILES string of the molecule is c1ncc(CNc2ccc(C3CC3)cc2)[nH]1. The summed E-state index contributed by atoms with van der Waals surface area (Å²) in [4.78, 5) is 7.06. The minimum atomic E-state index is 0.794. The lowest BCUT2D eigenvalue weighted by atomic mass is 10.1. The van der Waals surface area contributed by atoms with Crippen LogP contribution in [0.4, 0.5) is 5.69 Å². The number of aromatic nitrogens is 2. The fourth-order valence-electron chi connectivity index (χ4n) is 1.87. The van der Waals surface area contributed by atoms with E-state index in [4.69, 9.17) is 0 Å². The second-order valence-electron chi connectivity index (χ2n) is 4.33. The molecule has 0 bridgehead atoms. The molecule has 1 fully saturated rings. The van der Waals surface area contributed by atoms with Crippen LogP contribution in [0.3, 0.4) is 0 Å². The van der Waals surface area contributed by atoms with Crippen LogP contribution in [-0.4, -0.2) is 9.97 Å². The van der Waals surface area contributed by atoms with Gasteiger partial charge in [-0.2, -0.15) is 0 Å². The molecule has 0 radical (unpaired) electrons. The van der Waals surface area contributed by atoms with Crippen molar-refractivity contribution in [3.05, 3.63) is 48.0 Å². The molecule has 0 spiro atoms. The molecule has 2 aromatic rings. The van der Waals surface area contributed by atoms with Gasteiger partial charge in [0.25, 0.3) is 0 Å². The van der Waals surface area contributed by atoms with Gasteiger partial charge in [-0.1, -0.05) is 12.1 Å². The molecule has 0 amide bonds. The Morgan fingerprint density at radius 1 is 1.25 bits per heavy atom. The van der Waals surface area contributed by atoms with Crippen LogP contribution >= 0.6 is 0 Å². The van der Waals surface area contributed by atoms with Crippen molar-refractivity contribution < 1.29 is 0 Å². The van der Waals surface area contributed by atoms with E-state index in [0.717, 1.165) is 18.2 Å². The summed E-state index contributed by atoms with van der Waals surface area (Å²) in [5.74, 6) is 0.835. The lowest BCUT2D eigenvalue weighted by Crippen LogP contribution is -1.99. The van der Waals surface area contributed by atoms with Crippen LogP contribution in [0.25, 0.3) is 0 Å². The third-order valence-corrected chi connectivity index (χ3v) is 3.00. The van der Waals surface area contributed by atoms with Gasteiger partial charge >= 0.3 is 0 Å². The quantitative estimate of drug-likeness (QED) is 0.819. The first-order chi connectivity index (χ1) is 7.92. The molecule has 1 saturated carbocycles. The summed E-state index contributed by atoms with van der Waals surface area (Å²) in [5, 5.41) is 3.36. The molecule has 1 heterocycles. The molecule has 3 heteroatoms. The zero-order chi connectivity index (χ0) is 10.8. The topological polar surface area (TPSA) is 40.7 Å². The summed E-state index contributed by atoms with van der Waals surface area (Å²) in [6.07, 6.45) is 6.26. The van der Waals surface area contributed by atoms with Gasteiger partial charge in [-0.15, -0.1) is 0 Å². The van der Waals surface area contributed by atoms with Crippen molar-refractivity contribution in [2.75, 3.05) is 5.32 Å². The fourth-order valence-corrected chi connectivity index (χ4v) is 1.87. The number of H-pyrrole nitrogens is 1. The maximum Gasteiger partial charge on any atom is 0.0922 e. The normalized spacial score (nSPS) is 15.0. The molecule has 1 aliphatic rings. The van der Waals surface area contributed by atoms with E-state index in [1.807, 2.05) is 6.20 Å². The smallest absolute Gasteiger partial charge is 0.0922 e. The van der Waals surface area contributed by atoms with Crippen LogP contribution in [0.5, 0.6) is 0 Å². The van der Waals surface area contributed by atoms with Gasteiger partial charge in [0, 0.05) is 11.9 Å². The number of anilines is 1. The Kier molecular flexibility index (Phi) is 2.37. The molecule has 1 aromatic heterocycles. The summed E-state index contributed by atoms with van der Waals surface area (Å²) in [6.45, 7) is 0.794. The third-order valence-electron chi connectivity index (χ3n) is 3.00. The highest BCUT2D eigenvalue weighted by Gasteiger charge is 2.22. The zero-order valence-corrected chi connectivity index (χ0v) is 9.11. The molecule has 1 aromatic carbocycles. The van der Waals surface area contributed by atoms with E-state index in [2.05, 4.69) is 39.6 Å². The van der Waals surface area contributed by atoms with E-state index >= 15 is 0 Å². The number of hydrogen-bond donors (Lipinski definition) is 2. The van der Waals surface area contributed by atoms with E-state index in [-0.39, 0.29) is 0 Å². The average molecular weight is 213 g/mol. The zero-order valence-electron chi connectivity index (χ0n) is 9.11. The monoisotopic (exact) mass is 213 g/mol. The number of benzene rings is 1. The van der Waals surface area contributed by atoms with Gasteiger partial charge in [-0.3, -0.25) is 0 Å². The molecule has 2 N–H and O–H groups in total. The van der Waals surface area contributed by atoms with Gasteiger partial charge in [0.15, 0.2) is 0 Å². The number of nitrogens with one attached hydrogen (secondary N) is 2. The van der Waals surface area contributed by atoms with Crippen molar-refractivity contribution in [3.8, 4) is 0 Å². The van der Waals surface area contributed by atoms with Crippen LogP contribution in [0, 0.1) is 0 Å². The minimum Gasteiger partial charge on any atom is -0.379 e. The molecule has 3 rings (SSSR count). The molecule has 3 nitrogen and oxygen atoms in total. The Labute approximate surface area is 94.9 Å². The minimum absolute atomic E-state index is 0.794.